The van der Waals surface area contributed by atoms with Crippen molar-refractivity contribution < 1.29 is 58.0 Å². The van der Waals surface area contributed by atoms with E-state index in [9.17, 15) is 33.1 Å². The van der Waals surface area contributed by atoms with Crippen LogP contribution in [0, 0.1) is 37.3 Å². The van der Waals surface area contributed by atoms with Gasteiger partial charge in [0.1, 0.15) is 12.1 Å². The molecule has 3 N–H and O–H groups in total. The van der Waals surface area contributed by atoms with Gasteiger partial charge < -0.3 is 30.6 Å². The Morgan fingerprint density at radius 1 is 0.776 bits per heavy atom. The number of halogens is 2. The van der Waals surface area contributed by atoms with E-state index < -0.39 is 46.8 Å². The third kappa shape index (κ3) is 15.3. The summed E-state index contributed by atoms with van der Waals surface area (Å²) in [7, 11) is 7.67. The number of pyridine rings is 2. The van der Waals surface area contributed by atoms with Crippen LogP contribution < -0.4 is 30.0 Å². The summed E-state index contributed by atoms with van der Waals surface area (Å²) in [6.07, 6.45) is 5.00. The summed E-state index contributed by atoms with van der Waals surface area (Å²) in [5.74, 6) is -2.99. The quantitative estimate of drug-likeness (QED) is 0.211. The van der Waals surface area contributed by atoms with Crippen LogP contribution in [0.4, 0.5) is 8.78 Å². The van der Waals surface area contributed by atoms with Crippen molar-refractivity contribution in [2.45, 2.75) is 86.2 Å². The second kappa shape index (κ2) is 23.5. The molecule has 0 saturated carbocycles. The second-order valence-corrected chi connectivity index (χ2v) is 13.1. The van der Waals surface area contributed by atoms with Gasteiger partial charge >= 0.3 is 30.8 Å². The molecule has 2 atom stereocenters. The van der Waals surface area contributed by atoms with Gasteiger partial charge in [0.2, 0.25) is 0 Å². The van der Waals surface area contributed by atoms with E-state index in [4.69, 9.17) is 4.74 Å². The van der Waals surface area contributed by atoms with Crippen LogP contribution in [0.1, 0.15) is 81.8 Å². The number of aliphatic carboxylic acids is 1. The molecule has 49 heavy (non-hydrogen) atoms. The van der Waals surface area contributed by atoms with Crippen molar-refractivity contribution in [1.82, 2.24) is 18.9 Å². The summed E-state index contributed by atoms with van der Waals surface area (Å²) in [6.45, 7) is 14.2. The van der Waals surface area contributed by atoms with Crippen LogP contribution in [-0.2, 0) is 27.2 Å². The molecular weight excluding hydrogens is 637 g/mol. The summed E-state index contributed by atoms with van der Waals surface area (Å²) in [5, 5.41) is 9.38. The first kappa shape index (κ1) is 50.5. The van der Waals surface area contributed by atoms with E-state index in [2.05, 4.69) is 0 Å². The van der Waals surface area contributed by atoms with E-state index in [1.807, 2.05) is 65.7 Å². The number of rotatable bonds is 15. The van der Waals surface area contributed by atoms with E-state index in [0.717, 1.165) is 16.7 Å². The number of ether oxygens (including phenoxy) is 1. The maximum Gasteiger partial charge on any atom is 1.00 e. The molecule has 0 aliphatic carbocycles. The van der Waals surface area contributed by atoms with Crippen molar-refractivity contribution in [1.29, 1.82) is 0 Å². The first-order chi connectivity index (χ1) is 21.3. The predicted molar refractivity (Wildman–Crippen MR) is 180 cm³/mol. The molecular formula is C34H56F2LiN4O8-. The fourth-order valence-electron chi connectivity index (χ4n) is 4.92. The van der Waals surface area contributed by atoms with Crippen molar-refractivity contribution in [3.05, 3.63) is 67.0 Å². The average Bonchev–Trinajstić information content (AvgIpc) is 2.96. The Kier molecular flexibility index (Phi) is 24.3. The third-order valence-electron chi connectivity index (χ3n) is 7.62. The SMILES string of the molecule is CCOC(=O)C(CC(C)C)n1cc(CCN(C)C)c(C)c(F)c1=O.Cc1c(CCN(C)C)cn(C(CC(C)C)C(=O)O)c(=O)c1F.[Li+].[OH-].[OH-]. The van der Waals surface area contributed by atoms with Gasteiger partial charge in [-0.1, -0.05) is 27.7 Å². The molecule has 0 saturated heterocycles. The van der Waals surface area contributed by atoms with Gasteiger partial charge in [-0.25, -0.2) is 18.4 Å². The molecule has 0 aliphatic rings. The Morgan fingerprint density at radius 3 is 1.43 bits per heavy atom. The summed E-state index contributed by atoms with van der Waals surface area (Å²) in [6, 6.07) is -1.84. The summed E-state index contributed by atoms with van der Waals surface area (Å²) in [4.78, 5) is 52.2. The molecule has 15 heteroatoms. The maximum atomic E-state index is 14.4. The van der Waals surface area contributed by atoms with Crippen LogP contribution in [0.15, 0.2) is 22.0 Å². The number of hydrogen-bond donors (Lipinski definition) is 1. The monoisotopic (exact) mass is 693 g/mol. The van der Waals surface area contributed by atoms with Gasteiger partial charge in [0.05, 0.1) is 6.61 Å². The van der Waals surface area contributed by atoms with Crippen molar-refractivity contribution in [3.63, 3.8) is 0 Å². The van der Waals surface area contributed by atoms with E-state index in [1.165, 1.54) is 10.8 Å². The largest absolute Gasteiger partial charge is 1.00 e. The van der Waals surface area contributed by atoms with Crippen LogP contribution in [0.2, 0.25) is 0 Å². The van der Waals surface area contributed by atoms with E-state index in [0.29, 0.717) is 42.5 Å². The maximum absolute atomic E-state index is 14.4. The standard InChI is InChI=1S/C18H29FN2O3.C16H25FN2O3.Li.2H2O/c1-7-24-18(23)15(10-12(2)3)21-11-14(8-9-20(5)6)13(4)16(19)17(21)22;1-10(2)8-13(16(21)22)19-9-12(6-7-18(4)5)11(3)14(17)15(19)20;;;/h11-12,15H,7-10H2,1-6H3;9-10,13H,6-8H2,1-5H3,(H,21,22);;2*1H2/q;;+1;;/p-2. The molecule has 12 nitrogen and oxygen atoms in total. The van der Waals surface area contributed by atoms with Crippen molar-refractivity contribution in [3.8, 4) is 0 Å². The normalized spacial score (nSPS) is 12.0. The predicted octanol–water partition coefficient (Wildman–Crippen LogP) is 1.27. The molecule has 0 aliphatic heterocycles. The number of nitrogens with zero attached hydrogens (tertiary/aromatic N) is 4. The fourth-order valence-corrected chi connectivity index (χ4v) is 4.92. The smallest absolute Gasteiger partial charge is 0.870 e. The van der Waals surface area contributed by atoms with Crippen LogP contribution in [0.25, 0.3) is 0 Å². The fraction of sp³-hybridized carbons (Fsp3) is 0.647. The van der Waals surface area contributed by atoms with Crippen LogP contribution in [-0.4, -0.2) is 94.8 Å². The molecule has 0 amide bonds. The van der Waals surface area contributed by atoms with E-state index in [1.54, 1.807) is 27.0 Å². The Hall–Kier alpha value is -2.86. The number of carbonyl (C=O) groups is 2. The number of esters is 1. The molecule has 0 aromatic carbocycles. The minimum atomic E-state index is -1.11. The topological polar surface area (TPSA) is 174 Å². The molecule has 2 aromatic heterocycles. The van der Waals surface area contributed by atoms with Crippen molar-refractivity contribution in [2.24, 2.45) is 11.8 Å². The Morgan fingerprint density at radius 2 is 1.12 bits per heavy atom. The van der Waals surface area contributed by atoms with Crippen LogP contribution in [0.5, 0.6) is 0 Å². The minimum Gasteiger partial charge on any atom is -0.870 e. The molecule has 276 valence electrons. The zero-order valence-electron chi connectivity index (χ0n) is 31.3. The Bertz CT molecular complexity index is 1440. The third-order valence-corrected chi connectivity index (χ3v) is 7.62. The summed E-state index contributed by atoms with van der Waals surface area (Å²) in [5.41, 5.74) is 0.431. The van der Waals surface area contributed by atoms with Gasteiger partial charge in [-0.3, -0.25) is 18.7 Å². The Labute approximate surface area is 301 Å². The van der Waals surface area contributed by atoms with Gasteiger partial charge in [-0.15, -0.1) is 0 Å². The molecule has 2 rings (SSSR count). The van der Waals surface area contributed by atoms with E-state index >= 15 is 0 Å². The number of aromatic nitrogens is 2. The zero-order valence-corrected chi connectivity index (χ0v) is 31.3. The van der Waals surface area contributed by atoms with Crippen molar-refractivity contribution >= 4 is 11.9 Å². The molecule has 2 aromatic rings. The first-order valence-electron chi connectivity index (χ1n) is 15.8. The molecule has 0 radical (unpaired) electrons. The van der Waals surface area contributed by atoms with Gasteiger partial charge in [-0.05, 0) is 109 Å². The van der Waals surface area contributed by atoms with Crippen molar-refractivity contribution in [2.75, 3.05) is 47.9 Å². The minimum absolute atomic E-state index is 0. The second-order valence-electron chi connectivity index (χ2n) is 13.1. The number of carboxylic acids is 1. The molecule has 0 fully saturated rings. The van der Waals surface area contributed by atoms with Gasteiger partial charge in [0.15, 0.2) is 11.6 Å². The molecule has 2 unspecified atom stereocenters. The van der Waals surface area contributed by atoms with E-state index in [-0.39, 0.29) is 54.7 Å². The van der Waals surface area contributed by atoms with Gasteiger partial charge in [0, 0.05) is 25.5 Å². The molecule has 0 bridgehead atoms. The average molecular weight is 694 g/mol. The Balaban J connectivity index is -0.000000816. The van der Waals surface area contributed by atoms with Crippen LogP contribution in [0.3, 0.4) is 0 Å². The first-order valence-corrected chi connectivity index (χ1v) is 15.8. The molecule has 2 heterocycles. The number of carboxylic acid groups (broad SMARTS) is 1. The number of carbonyl (C=O) groups excluding carboxylic acids is 1. The number of hydrogen-bond acceptors (Lipinski definition) is 9. The van der Waals surface area contributed by atoms with Gasteiger partial charge in [-0.2, -0.15) is 0 Å². The zero-order chi connectivity index (χ0) is 35.5. The summed E-state index contributed by atoms with van der Waals surface area (Å²) < 4.78 is 36.0. The van der Waals surface area contributed by atoms with Gasteiger partial charge in [0.25, 0.3) is 11.1 Å². The van der Waals surface area contributed by atoms with Crippen LogP contribution >= 0.6 is 0 Å². The number of likely N-dealkylation sites (N-methyl/N-ethyl adjacent to an activating group) is 2. The molecule has 0 spiro atoms. The summed E-state index contributed by atoms with van der Waals surface area (Å²) >= 11 is 0.